The molecule has 4 aromatic rings. The van der Waals surface area contributed by atoms with Gasteiger partial charge in [-0.3, -0.25) is 9.59 Å². The van der Waals surface area contributed by atoms with Crippen LogP contribution < -0.4 is 15.8 Å². The van der Waals surface area contributed by atoms with Crippen LogP contribution in [-0.4, -0.2) is 21.8 Å². The molecule has 0 aliphatic carbocycles. The lowest BCUT2D eigenvalue weighted by molar-refractivity contribution is 0.0996. The number of halogens is 1. The maximum absolute atomic E-state index is 13.3. The Hall–Kier alpha value is -3.85. The highest BCUT2D eigenvalue weighted by atomic mass is 32.1. The molecule has 0 unspecified atom stereocenters. The van der Waals surface area contributed by atoms with Gasteiger partial charge in [0.05, 0.1) is 16.8 Å². The van der Waals surface area contributed by atoms with Gasteiger partial charge in [-0.15, -0.1) is 0 Å². The predicted molar refractivity (Wildman–Crippen MR) is 112 cm³/mol. The zero-order valence-corrected chi connectivity index (χ0v) is 16.5. The third kappa shape index (κ3) is 3.96. The van der Waals surface area contributed by atoms with Gasteiger partial charge in [0.15, 0.2) is 0 Å². The number of hydrogen-bond donors (Lipinski definition) is 2. The molecule has 0 spiro atoms. The number of hydrogen-bond acceptors (Lipinski definition) is 6. The van der Waals surface area contributed by atoms with Crippen LogP contribution in [0.15, 0.2) is 54.6 Å². The van der Waals surface area contributed by atoms with Crippen molar-refractivity contribution in [3.8, 4) is 10.9 Å². The number of rotatable bonds is 5. The Morgan fingerprint density at radius 3 is 2.67 bits per heavy atom. The standard InChI is InChI=1S/C21H15FN4O3S/c1-11-20(30-21(24-11)29-13-6-4-5-12(22)9-13)26-19(28)15-10-17(18(23)27)25-16-8-3-2-7-14(15)16/h2-10H,1H3,(H2,23,27)(H,26,28). The summed E-state index contributed by atoms with van der Waals surface area (Å²) in [5.41, 5.74) is 6.62. The summed E-state index contributed by atoms with van der Waals surface area (Å²) in [4.78, 5) is 33.0. The number of nitrogens with two attached hydrogens (primary N) is 1. The van der Waals surface area contributed by atoms with Crippen molar-refractivity contribution in [1.82, 2.24) is 9.97 Å². The van der Waals surface area contributed by atoms with Crippen LogP contribution >= 0.6 is 11.3 Å². The van der Waals surface area contributed by atoms with Crippen LogP contribution in [0.25, 0.3) is 10.9 Å². The number of pyridine rings is 1. The second-order valence-electron chi connectivity index (χ2n) is 6.34. The van der Waals surface area contributed by atoms with E-state index in [2.05, 4.69) is 15.3 Å². The summed E-state index contributed by atoms with van der Waals surface area (Å²) in [6, 6.07) is 14.0. The first-order valence-electron chi connectivity index (χ1n) is 8.82. The van der Waals surface area contributed by atoms with Crippen LogP contribution in [0.4, 0.5) is 9.39 Å². The summed E-state index contributed by atoms with van der Waals surface area (Å²) in [7, 11) is 0. The maximum Gasteiger partial charge on any atom is 0.280 e. The number of aryl methyl sites for hydroxylation is 1. The normalized spacial score (nSPS) is 10.7. The fourth-order valence-electron chi connectivity index (χ4n) is 2.82. The third-order valence-electron chi connectivity index (χ3n) is 4.22. The molecule has 0 aliphatic rings. The van der Waals surface area contributed by atoms with Gasteiger partial charge in [-0.1, -0.05) is 35.6 Å². The third-order valence-corrected chi connectivity index (χ3v) is 5.17. The molecule has 0 radical (unpaired) electrons. The summed E-state index contributed by atoms with van der Waals surface area (Å²) in [6.45, 7) is 1.71. The molecule has 3 N–H and O–H groups in total. The quantitative estimate of drug-likeness (QED) is 0.499. The number of amides is 2. The SMILES string of the molecule is Cc1nc(Oc2cccc(F)c2)sc1NC(=O)c1cc(C(N)=O)nc2ccccc12. The molecule has 30 heavy (non-hydrogen) atoms. The van der Waals surface area contributed by atoms with Gasteiger partial charge in [0.25, 0.3) is 17.0 Å². The van der Waals surface area contributed by atoms with E-state index in [4.69, 9.17) is 10.5 Å². The van der Waals surface area contributed by atoms with Crippen molar-refractivity contribution in [2.45, 2.75) is 6.92 Å². The van der Waals surface area contributed by atoms with Crippen LogP contribution in [0, 0.1) is 12.7 Å². The number of benzene rings is 2. The lowest BCUT2D eigenvalue weighted by Crippen LogP contribution is -2.17. The highest BCUT2D eigenvalue weighted by Crippen LogP contribution is 2.33. The van der Waals surface area contributed by atoms with Gasteiger partial charge in [0.1, 0.15) is 22.3 Å². The summed E-state index contributed by atoms with van der Waals surface area (Å²) >= 11 is 1.10. The van der Waals surface area contributed by atoms with Crippen LogP contribution in [0.1, 0.15) is 26.5 Å². The molecule has 4 rings (SSSR count). The minimum absolute atomic E-state index is 0.00463. The number of ether oxygens (including phenoxy) is 1. The Labute approximate surface area is 174 Å². The lowest BCUT2D eigenvalue weighted by Gasteiger charge is -2.08. The Morgan fingerprint density at radius 2 is 1.90 bits per heavy atom. The molecule has 0 bridgehead atoms. The number of aromatic nitrogens is 2. The maximum atomic E-state index is 13.3. The molecule has 0 fully saturated rings. The van der Waals surface area contributed by atoms with Crippen molar-refractivity contribution < 1.29 is 18.7 Å². The van der Waals surface area contributed by atoms with Gasteiger partial charge in [0, 0.05) is 11.5 Å². The van der Waals surface area contributed by atoms with Crippen LogP contribution in [0.3, 0.4) is 0 Å². The molecule has 0 atom stereocenters. The summed E-state index contributed by atoms with van der Waals surface area (Å²) in [5, 5.41) is 4.09. The largest absolute Gasteiger partial charge is 0.431 e. The molecule has 7 nitrogen and oxygen atoms in total. The van der Waals surface area contributed by atoms with Crippen molar-refractivity contribution in [3.63, 3.8) is 0 Å². The summed E-state index contributed by atoms with van der Waals surface area (Å²) in [5.74, 6) is -1.30. The molecule has 2 aromatic heterocycles. The van der Waals surface area contributed by atoms with E-state index < -0.39 is 17.6 Å². The highest BCUT2D eigenvalue weighted by Gasteiger charge is 2.18. The second kappa shape index (κ2) is 7.88. The van der Waals surface area contributed by atoms with Crippen LogP contribution in [0.5, 0.6) is 10.9 Å². The minimum Gasteiger partial charge on any atom is -0.431 e. The number of fused-ring (bicyclic) bond motifs is 1. The van der Waals surface area contributed by atoms with E-state index in [0.29, 0.717) is 27.3 Å². The highest BCUT2D eigenvalue weighted by molar-refractivity contribution is 7.17. The Morgan fingerprint density at radius 1 is 1.10 bits per heavy atom. The molecule has 0 saturated carbocycles. The van der Waals surface area contributed by atoms with E-state index >= 15 is 0 Å². The van der Waals surface area contributed by atoms with Crippen molar-refractivity contribution in [2.24, 2.45) is 5.73 Å². The van der Waals surface area contributed by atoms with Gasteiger partial charge in [-0.25, -0.2) is 14.4 Å². The van der Waals surface area contributed by atoms with E-state index in [1.807, 2.05) is 0 Å². The van der Waals surface area contributed by atoms with Gasteiger partial charge >= 0.3 is 0 Å². The average molecular weight is 422 g/mol. The average Bonchev–Trinajstić information content (AvgIpc) is 3.05. The van der Waals surface area contributed by atoms with Gasteiger partial charge < -0.3 is 15.8 Å². The number of anilines is 1. The monoisotopic (exact) mass is 422 g/mol. The second-order valence-corrected chi connectivity index (χ2v) is 7.31. The van der Waals surface area contributed by atoms with Crippen molar-refractivity contribution in [1.29, 1.82) is 0 Å². The zero-order chi connectivity index (χ0) is 21.3. The van der Waals surface area contributed by atoms with Gasteiger partial charge in [-0.05, 0) is 31.2 Å². The van der Waals surface area contributed by atoms with E-state index in [0.717, 1.165) is 11.3 Å². The van der Waals surface area contributed by atoms with Gasteiger partial charge in [-0.2, -0.15) is 0 Å². The van der Waals surface area contributed by atoms with E-state index in [1.54, 1.807) is 37.3 Å². The molecule has 0 aliphatic heterocycles. The van der Waals surface area contributed by atoms with Crippen molar-refractivity contribution in [3.05, 3.63) is 77.4 Å². The van der Waals surface area contributed by atoms with E-state index in [1.165, 1.54) is 24.3 Å². The van der Waals surface area contributed by atoms with Crippen molar-refractivity contribution in [2.75, 3.05) is 5.32 Å². The molecule has 2 amide bonds. The molecule has 0 saturated heterocycles. The van der Waals surface area contributed by atoms with Gasteiger partial charge in [0.2, 0.25) is 0 Å². The van der Waals surface area contributed by atoms with E-state index in [9.17, 15) is 14.0 Å². The van der Waals surface area contributed by atoms with Crippen molar-refractivity contribution >= 4 is 39.1 Å². The summed E-state index contributed by atoms with van der Waals surface area (Å²) in [6.07, 6.45) is 0. The lowest BCUT2D eigenvalue weighted by atomic mass is 10.1. The fraction of sp³-hybridized carbons (Fsp3) is 0.0476. The Balaban J connectivity index is 1.63. The number of thiazole rings is 1. The predicted octanol–water partition coefficient (Wildman–Crippen LogP) is 4.28. The molecule has 9 heteroatoms. The fourth-order valence-corrected chi connectivity index (χ4v) is 3.65. The Kier molecular flexibility index (Phi) is 5.11. The van der Waals surface area contributed by atoms with E-state index in [-0.39, 0.29) is 16.5 Å². The number of primary amides is 1. The van der Waals surface area contributed by atoms with Crippen LogP contribution in [0.2, 0.25) is 0 Å². The number of para-hydroxylation sites is 1. The number of carbonyl (C=O) groups excluding carboxylic acids is 2. The number of nitrogens with one attached hydrogen (secondary N) is 1. The molecule has 2 heterocycles. The first kappa shape index (κ1) is 19.5. The summed E-state index contributed by atoms with van der Waals surface area (Å²) < 4.78 is 18.9. The molecular weight excluding hydrogens is 407 g/mol. The molecule has 150 valence electrons. The minimum atomic E-state index is -0.727. The number of nitrogens with zero attached hydrogens (tertiary/aromatic N) is 2. The zero-order valence-electron chi connectivity index (χ0n) is 15.7. The Bertz CT molecular complexity index is 1290. The van der Waals surface area contributed by atoms with Crippen LogP contribution in [-0.2, 0) is 0 Å². The smallest absolute Gasteiger partial charge is 0.280 e. The first-order valence-corrected chi connectivity index (χ1v) is 9.64. The number of carbonyl (C=O) groups is 2. The molecule has 2 aromatic carbocycles. The molecular formula is C21H15FN4O3S. The first-order chi connectivity index (χ1) is 14.4. The topological polar surface area (TPSA) is 107 Å².